The van der Waals surface area contributed by atoms with Gasteiger partial charge in [-0.3, -0.25) is 19.2 Å². The Kier molecular flexibility index (Phi) is 8.37. The summed E-state index contributed by atoms with van der Waals surface area (Å²) < 4.78 is 10.6. The number of benzene rings is 2. The molecule has 0 heterocycles. The number of hydrogen-bond acceptors (Lipinski definition) is 6. The lowest BCUT2D eigenvalue weighted by Gasteiger charge is -2.28. The van der Waals surface area contributed by atoms with Crippen molar-refractivity contribution in [3.63, 3.8) is 0 Å². The zero-order chi connectivity index (χ0) is 24.8. The lowest BCUT2D eigenvalue weighted by atomic mass is 9.79. The summed E-state index contributed by atoms with van der Waals surface area (Å²) in [5, 5.41) is 0. The highest BCUT2D eigenvalue weighted by Crippen LogP contribution is 2.32. The van der Waals surface area contributed by atoms with Crippen LogP contribution in [0.15, 0.2) is 36.4 Å². The number of ketones is 2. The van der Waals surface area contributed by atoms with Gasteiger partial charge < -0.3 is 9.47 Å². The number of esters is 2. The molecule has 1 fully saturated rings. The second kappa shape index (κ2) is 11.2. The quantitative estimate of drug-likeness (QED) is 0.409. The van der Waals surface area contributed by atoms with E-state index in [0.717, 1.165) is 35.1 Å². The number of ether oxygens (including phenoxy) is 2. The normalized spacial score (nSPS) is 17.6. The minimum Gasteiger partial charge on any atom is -0.457 e. The van der Waals surface area contributed by atoms with Crippen LogP contribution < -0.4 is 0 Å². The highest BCUT2D eigenvalue weighted by molar-refractivity contribution is 5.99. The Morgan fingerprint density at radius 3 is 1.38 bits per heavy atom. The van der Waals surface area contributed by atoms with Crippen LogP contribution in [-0.2, 0) is 19.1 Å². The summed E-state index contributed by atoms with van der Waals surface area (Å²) in [6.07, 6.45) is 2.55. The van der Waals surface area contributed by atoms with Gasteiger partial charge in [-0.15, -0.1) is 0 Å². The first-order valence-electron chi connectivity index (χ1n) is 11.7. The Labute approximate surface area is 200 Å². The van der Waals surface area contributed by atoms with Gasteiger partial charge in [0, 0.05) is 11.1 Å². The van der Waals surface area contributed by atoms with Crippen molar-refractivity contribution in [1.29, 1.82) is 0 Å². The topological polar surface area (TPSA) is 86.7 Å². The molecule has 6 heteroatoms. The van der Waals surface area contributed by atoms with Crippen LogP contribution in [0.3, 0.4) is 0 Å². The minimum absolute atomic E-state index is 0.287. The van der Waals surface area contributed by atoms with E-state index in [9.17, 15) is 19.2 Å². The maximum Gasteiger partial charge on any atom is 0.310 e. The smallest absolute Gasteiger partial charge is 0.310 e. The van der Waals surface area contributed by atoms with E-state index in [1.165, 1.54) is 0 Å². The van der Waals surface area contributed by atoms with Crippen molar-refractivity contribution in [2.45, 2.75) is 53.4 Å². The van der Waals surface area contributed by atoms with E-state index in [1.807, 2.05) is 39.8 Å². The zero-order valence-electron chi connectivity index (χ0n) is 20.3. The third kappa shape index (κ3) is 6.19. The van der Waals surface area contributed by atoms with Crippen LogP contribution in [-0.4, -0.2) is 36.7 Å². The molecule has 6 nitrogen and oxygen atoms in total. The molecule has 0 spiro atoms. The van der Waals surface area contributed by atoms with E-state index in [0.29, 0.717) is 24.0 Å². The average Bonchev–Trinajstić information content (AvgIpc) is 2.83. The van der Waals surface area contributed by atoms with E-state index in [2.05, 4.69) is 0 Å². The molecule has 1 aliphatic carbocycles. The fourth-order valence-electron chi connectivity index (χ4n) is 4.18. The molecule has 34 heavy (non-hydrogen) atoms. The molecule has 0 aliphatic heterocycles. The second-order valence-corrected chi connectivity index (χ2v) is 9.16. The summed E-state index contributed by atoms with van der Waals surface area (Å²) in [5.74, 6) is -3.06. The van der Waals surface area contributed by atoms with Crippen LogP contribution in [0.1, 0.15) is 68.7 Å². The molecule has 2 unspecified atom stereocenters. The Balaban J connectivity index is 1.56. The number of Topliss-reactive ketones (excluding diaryl/α,β-unsaturated/α-hetero) is 2. The first-order valence-corrected chi connectivity index (χ1v) is 11.7. The van der Waals surface area contributed by atoms with Gasteiger partial charge in [0.2, 0.25) is 0 Å². The van der Waals surface area contributed by atoms with Crippen molar-refractivity contribution >= 4 is 23.5 Å². The summed E-state index contributed by atoms with van der Waals surface area (Å²) in [4.78, 5) is 50.4. The lowest BCUT2D eigenvalue weighted by Crippen LogP contribution is -2.36. The summed E-state index contributed by atoms with van der Waals surface area (Å²) in [7, 11) is 0. The second-order valence-electron chi connectivity index (χ2n) is 9.16. The molecule has 0 amide bonds. The van der Waals surface area contributed by atoms with Crippen molar-refractivity contribution in [2.24, 2.45) is 11.8 Å². The van der Waals surface area contributed by atoms with Crippen molar-refractivity contribution in [3.05, 3.63) is 69.8 Å². The molecule has 1 saturated carbocycles. The Morgan fingerprint density at radius 1 is 0.647 bits per heavy atom. The van der Waals surface area contributed by atoms with Gasteiger partial charge in [-0.05, 0) is 74.9 Å². The summed E-state index contributed by atoms with van der Waals surface area (Å²) >= 11 is 0. The Morgan fingerprint density at radius 2 is 1.03 bits per heavy atom. The van der Waals surface area contributed by atoms with Gasteiger partial charge in [0.15, 0.2) is 24.8 Å². The number of rotatable bonds is 8. The lowest BCUT2D eigenvalue weighted by molar-refractivity contribution is -0.161. The number of carbonyl (C=O) groups is 4. The molecule has 2 atom stereocenters. The third-order valence-corrected chi connectivity index (χ3v) is 6.72. The third-order valence-electron chi connectivity index (χ3n) is 6.72. The molecule has 0 saturated heterocycles. The average molecular weight is 465 g/mol. The van der Waals surface area contributed by atoms with Crippen molar-refractivity contribution in [2.75, 3.05) is 13.2 Å². The van der Waals surface area contributed by atoms with Gasteiger partial charge in [0.05, 0.1) is 11.8 Å². The summed E-state index contributed by atoms with van der Waals surface area (Å²) in [6, 6.07) is 10.7. The monoisotopic (exact) mass is 464 g/mol. The van der Waals surface area contributed by atoms with Gasteiger partial charge in [-0.25, -0.2) is 0 Å². The van der Waals surface area contributed by atoms with Crippen LogP contribution >= 0.6 is 0 Å². The largest absolute Gasteiger partial charge is 0.457 e. The highest BCUT2D eigenvalue weighted by atomic mass is 16.5. The van der Waals surface area contributed by atoms with E-state index in [4.69, 9.17) is 9.47 Å². The first kappa shape index (κ1) is 25.3. The molecule has 1 aliphatic rings. The van der Waals surface area contributed by atoms with E-state index >= 15 is 0 Å². The maximum absolute atomic E-state index is 12.7. The molecular weight excluding hydrogens is 432 g/mol. The van der Waals surface area contributed by atoms with Crippen LogP contribution in [0.5, 0.6) is 0 Å². The summed E-state index contributed by atoms with van der Waals surface area (Å²) in [5.41, 5.74) is 5.10. The van der Waals surface area contributed by atoms with Gasteiger partial charge >= 0.3 is 11.9 Å². The first-order chi connectivity index (χ1) is 16.2. The van der Waals surface area contributed by atoms with E-state index in [-0.39, 0.29) is 24.8 Å². The van der Waals surface area contributed by atoms with Crippen LogP contribution in [0.2, 0.25) is 0 Å². The molecule has 0 N–H and O–H groups in total. The Hall–Kier alpha value is -3.28. The van der Waals surface area contributed by atoms with E-state index in [1.54, 1.807) is 24.3 Å². The van der Waals surface area contributed by atoms with Crippen molar-refractivity contribution < 1.29 is 28.7 Å². The molecule has 0 aromatic heterocycles. The number of carbonyl (C=O) groups excluding carboxylic acids is 4. The Bertz CT molecular complexity index is 1010. The van der Waals surface area contributed by atoms with Crippen molar-refractivity contribution in [1.82, 2.24) is 0 Å². The predicted molar refractivity (Wildman–Crippen MR) is 128 cm³/mol. The number of aryl methyl sites for hydroxylation is 4. The van der Waals surface area contributed by atoms with Gasteiger partial charge in [-0.1, -0.05) is 37.1 Å². The van der Waals surface area contributed by atoms with Crippen LogP contribution in [0.25, 0.3) is 0 Å². The molecule has 0 bridgehead atoms. The summed E-state index contributed by atoms with van der Waals surface area (Å²) in [6.45, 7) is 7.01. The molecule has 3 rings (SSSR count). The minimum atomic E-state index is -0.675. The van der Waals surface area contributed by atoms with Gasteiger partial charge in [0.1, 0.15) is 0 Å². The highest BCUT2D eigenvalue weighted by Gasteiger charge is 2.38. The zero-order valence-corrected chi connectivity index (χ0v) is 20.3. The van der Waals surface area contributed by atoms with Crippen molar-refractivity contribution in [3.8, 4) is 0 Å². The number of hydrogen-bond donors (Lipinski definition) is 0. The SMILES string of the molecule is Cc1ccc(C(=O)COC(=O)C2CCCCC2C(=O)OCC(=O)c2ccc(C)c(C)c2)cc1C. The predicted octanol–water partition coefficient (Wildman–Crippen LogP) is 4.88. The molecule has 2 aromatic carbocycles. The van der Waals surface area contributed by atoms with E-state index < -0.39 is 23.8 Å². The molecule has 0 radical (unpaired) electrons. The van der Waals surface area contributed by atoms with Crippen LogP contribution in [0, 0.1) is 39.5 Å². The molecular formula is C28H32O6. The van der Waals surface area contributed by atoms with Gasteiger partial charge in [-0.2, -0.15) is 0 Å². The fraction of sp³-hybridized carbons (Fsp3) is 0.429. The maximum atomic E-state index is 12.7. The van der Waals surface area contributed by atoms with Crippen LogP contribution in [0.4, 0.5) is 0 Å². The standard InChI is InChI=1S/C28H32O6/c1-17-9-11-21(13-19(17)3)25(29)15-33-27(31)23-7-5-6-8-24(23)28(32)34-16-26(30)22-12-10-18(2)20(4)14-22/h9-14,23-24H,5-8,15-16H2,1-4H3. The fourth-order valence-corrected chi connectivity index (χ4v) is 4.18. The molecule has 180 valence electrons. The molecule has 2 aromatic rings. The van der Waals surface area contributed by atoms with Gasteiger partial charge in [0.25, 0.3) is 0 Å².